The Morgan fingerprint density at radius 3 is 2.85 bits per heavy atom. The van der Waals surface area contributed by atoms with E-state index in [-0.39, 0.29) is 24.4 Å². The highest BCUT2D eigenvalue weighted by Gasteiger charge is 2.35. The summed E-state index contributed by atoms with van der Waals surface area (Å²) in [5, 5.41) is 4.03. The first-order chi connectivity index (χ1) is 12.6. The van der Waals surface area contributed by atoms with Crippen LogP contribution in [0.15, 0.2) is 28.8 Å². The molecule has 1 fully saturated rings. The fourth-order valence-electron chi connectivity index (χ4n) is 4.23. The average Bonchev–Trinajstić information content (AvgIpc) is 3.23. The maximum Gasteiger partial charge on any atom is 0.243 e. The van der Waals surface area contributed by atoms with Gasteiger partial charge in [-0.15, -0.1) is 0 Å². The molecule has 136 valence electrons. The third-order valence-electron chi connectivity index (χ3n) is 5.48. The van der Waals surface area contributed by atoms with Crippen LogP contribution in [-0.2, 0) is 16.0 Å². The van der Waals surface area contributed by atoms with Crippen molar-refractivity contribution >= 4 is 17.5 Å². The number of likely N-dealkylation sites (tertiary alicyclic amines) is 1. The van der Waals surface area contributed by atoms with Gasteiger partial charge in [-0.1, -0.05) is 23.4 Å². The van der Waals surface area contributed by atoms with Gasteiger partial charge in [0.2, 0.25) is 11.8 Å². The molecule has 2 aliphatic heterocycles. The predicted molar refractivity (Wildman–Crippen MR) is 96.8 cm³/mol. The quantitative estimate of drug-likeness (QED) is 0.851. The molecule has 0 aliphatic carbocycles. The van der Waals surface area contributed by atoms with Gasteiger partial charge in [0.05, 0.1) is 11.7 Å². The number of rotatable bonds is 3. The van der Waals surface area contributed by atoms with E-state index in [2.05, 4.69) is 5.16 Å². The van der Waals surface area contributed by atoms with Crippen LogP contribution in [0, 0.1) is 13.8 Å². The summed E-state index contributed by atoms with van der Waals surface area (Å²) < 4.78 is 5.30. The Balaban J connectivity index is 1.57. The van der Waals surface area contributed by atoms with Gasteiger partial charge in [-0.3, -0.25) is 9.59 Å². The van der Waals surface area contributed by atoms with Gasteiger partial charge in [0.15, 0.2) is 0 Å². The van der Waals surface area contributed by atoms with Crippen LogP contribution in [0.1, 0.15) is 47.9 Å². The number of nitrogens with zero attached hydrogens (tertiary/aromatic N) is 3. The Morgan fingerprint density at radius 1 is 1.27 bits per heavy atom. The van der Waals surface area contributed by atoms with Crippen molar-refractivity contribution in [1.29, 1.82) is 0 Å². The molecule has 0 radical (unpaired) electrons. The minimum Gasteiger partial charge on any atom is -0.361 e. The van der Waals surface area contributed by atoms with Gasteiger partial charge in [0.1, 0.15) is 12.3 Å². The summed E-state index contributed by atoms with van der Waals surface area (Å²) in [5.41, 5.74) is 3.85. The summed E-state index contributed by atoms with van der Waals surface area (Å²) in [4.78, 5) is 29.1. The number of carbonyl (C=O) groups excluding carboxylic acids is 2. The van der Waals surface area contributed by atoms with E-state index in [1.165, 1.54) is 0 Å². The van der Waals surface area contributed by atoms with Crippen LogP contribution in [0.4, 0.5) is 5.69 Å². The van der Waals surface area contributed by atoms with Gasteiger partial charge in [-0.2, -0.15) is 0 Å². The van der Waals surface area contributed by atoms with E-state index in [1.807, 2.05) is 43.0 Å². The van der Waals surface area contributed by atoms with E-state index in [0.717, 1.165) is 47.5 Å². The highest BCUT2D eigenvalue weighted by molar-refractivity contribution is 6.01. The standard InChI is InChI=1S/C20H23N3O3/c1-13-20(14(2)26-21-13)17-8-5-11-22(17)19(25)12-23-16-7-4-3-6-15(16)9-10-18(23)24/h3-4,6-7,17H,5,8-12H2,1-2H3/t17-/m1/s1. The van der Waals surface area contributed by atoms with Crippen molar-refractivity contribution in [1.82, 2.24) is 10.1 Å². The molecule has 6 nitrogen and oxygen atoms in total. The Kier molecular flexibility index (Phi) is 4.26. The first-order valence-electron chi connectivity index (χ1n) is 9.16. The van der Waals surface area contributed by atoms with Gasteiger partial charge >= 0.3 is 0 Å². The highest BCUT2D eigenvalue weighted by Crippen LogP contribution is 2.36. The van der Waals surface area contributed by atoms with E-state index in [4.69, 9.17) is 4.52 Å². The van der Waals surface area contributed by atoms with E-state index in [1.54, 1.807) is 4.90 Å². The van der Waals surface area contributed by atoms with Crippen LogP contribution in [0.3, 0.4) is 0 Å². The first-order valence-corrected chi connectivity index (χ1v) is 9.16. The van der Waals surface area contributed by atoms with Crippen LogP contribution in [0.5, 0.6) is 0 Å². The van der Waals surface area contributed by atoms with Gasteiger partial charge in [0, 0.05) is 24.2 Å². The van der Waals surface area contributed by atoms with Crippen molar-refractivity contribution in [2.24, 2.45) is 0 Å². The molecule has 4 rings (SSSR count). The van der Waals surface area contributed by atoms with Crippen molar-refractivity contribution in [2.75, 3.05) is 18.0 Å². The summed E-state index contributed by atoms with van der Waals surface area (Å²) in [6.07, 6.45) is 3.05. The molecule has 0 spiro atoms. The van der Waals surface area contributed by atoms with Crippen LogP contribution >= 0.6 is 0 Å². The zero-order valence-corrected chi connectivity index (χ0v) is 15.2. The molecule has 1 atom stereocenters. The van der Waals surface area contributed by atoms with Gasteiger partial charge in [-0.05, 0) is 44.7 Å². The molecular formula is C20H23N3O3. The molecule has 0 saturated carbocycles. The molecule has 2 aliphatic rings. The maximum absolute atomic E-state index is 13.1. The number of carbonyl (C=O) groups is 2. The van der Waals surface area contributed by atoms with E-state index in [0.29, 0.717) is 13.0 Å². The minimum atomic E-state index is -0.0162. The van der Waals surface area contributed by atoms with Crippen LogP contribution in [-0.4, -0.2) is 35.0 Å². The summed E-state index contributed by atoms with van der Waals surface area (Å²) in [7, 11) is 0. The number of fused-ring (bicyclic) bond motifs is 1. The lowest BCUT2D eigenvalue weighted by Gasteiger charge is -2.32. The van der Waals surface area contributed by atoms with Crippen LogP contribution < -0.4 is 4.90 Å². The molecule has 1 aromatic heterocycles. The highest BCUT2D eigenvalue weighted by atomic mass is 16.5. The third-order valence-corrected chi connectivity index (χ3v) is 5.48. The number of benzene rings is 1. The SMILES string of the molecule is Cc1noc(C)c1[C@H]1CCCN1C(=O)CN1C(=O)CCc2ccccc21. The second kappa shape index (κ2) is 6.59. The number of anilines is 1. The Bertz CT molecular complexity index is 838. The zero-order chi connectivity index (χ0) is 18.3. The van der Waals surface area contributed by atoms with Crippen molar-refractivity contribution in [2.45, 2.75) is 45.6 Å². The van der Waals surface area contributed by atoms with E-state index < -0.39 is 0 Å². The molecule has 6 heteroatoms. The molecule has 0 N–H and O–H groups in total. The molecule has 1 saturated heterocycles. The van der Waals surface area contributed by atoms with Gasteiger partial charge < -0.3 is 14.3 Å². The fourth-order valence-corrected chi connectivity index (χ4v) is 4.23. The first kappa shape index (κ1) is 16.8. The number of aryl methyl sites for hydroxylation is 3. The topological polar surface area (TPSA) is 66.7 Å². The summed E-state index contributed by atoms with van der Waals surface area (Å²) in [6, 6.07) is 7.83. The summed E-state index contributed by atoms with van der Waals surface area (Å²) in [5.74, 6) is 0.772. The minimum absolute atomic E-state index is 0.0103. The maximum atomic E-state index is 13.1. The molecule has 1 aromatic carbocycles. The Hall–Kier alpha value is -2.63. The molecule has 26 heavy (non-hydrogen) atoms. The van der Waals surface area contributed by atoms with Crippen molar-refractivity contribution in [3.05, 3.63) is 46.8 Å². The largest absolute Gasteiger partial charge is 0.361 e. The number of hydrogen-bond acceptors (Lipinski definition) is 4. The molecule has 2 aromatic rings. The van der Waals surface area contributed by atoms with E-state index >= 15 is 0 Å². The predicted octanol–water partition coefficient (Wildman–Crippen LogP) is 2.93. The van der Waals surface area contributed by atoms with Crippen LogP contribution in [0.2, 0.25) is 0 Å². The lowest BCUT2D eigenvalue weighted by Crippen LogP contribution is -2.44. The number of amides is 2. The van der Waals surface area contributed by atoms with Gasteiger partial charge in [0.25, 0.3) is 0 Å². The smallest absolute Gasteiger partial charge is 0.243 e. The zero-order valence-electron chi connectivity index (χ0n) is 15.2. The van der Waals surface area contributed by atoms with Crippen molar-refractivity contribution < 1.29 is 14.1 Å². The lowest BCUT2D eigenvalue weighted by molar-refractivity contribution is -0.132. The molecule has 2 amide bonds. The molecular weight excluding hydrogens is 330 g/mol. The second-order valence-electron chi connectivity index (χ2n) is 7.09. The van der Waals surface area contributed by atoms with Crippen molar-refractivity contribution in [3.63, 3.8) is 0 Å². The monoisotopic (exact) mass is 353 g/mol. The Morgan fingerprint density at radius 2 is 2.08 bits per heavy atom. The normalized spacial score (nSPS) is 19.8. The van der Waals surface area contributed by atoms with Crippen molar-refractivity contribution in [3.8, 4) is 0 Å². The number of hydrogen-bond donors (Lipinski definition) is 0. The van der Waals surface area contributed by atoms with Gasteiger partial charge in [-0.25, -0.2) is 0 Å². The lowest BCUT2D eigenvalue weighted by atomic mass is 10.0. The summed E-state index contributed by atoms with van der Waals surface area (Å²) >= 11 is 0. The second-order valence-corrected chi connectivity index (χ2v) is 7.09. The van der Waals surface area contributed by atoms with E-state index in [9.17, 15) is 9.59 Å². The number of para-hydroxylation sites is 1. The molecule has 0 bridgehead atoms. The third kappa shape index (κ3) is 2.79. The average molecular weight is 353 g/mol. The molecule has 0 unspecified atom stereocenters. The summed E-state index contributed by atoms with van der Waals surface area (Å²) in [6.45, 7) is 4.60. The van der Waals surface area contributed by atoms with Crippen LogP contribution in [0.25, 0.3) is 0 Å². The fraction of sp³-hybridized carbons (Fsp3) is 0.450. The Labute approximate surface area is 152 Å². The number of aromatic nitrogens is 1. The molecule has 3 heterocycles.